The summed E-state index contributed by atoms with van der Waals surface area (Å²) in [6.45, 7) is 9.65. The van der Waals surface area contributed by atoms with Gasteiger partial charge in [-0.3, -0.25) is 0 Å². The molecule has 2 heteroatoms. The molecule has 0 aliphatic heterocycles. The van der Waals surface area contributed by atoms with Crippen molar-refractivity contribution >= 4 is 0 Å². The molecule has 0 aromatic heterocycles. The molecule has 2 nitrogen and oxygen atoms in total. The van der Waals surface area contributed by atoms with Gasteiger partial charge in [0, 0.05) is 0 Å². The molecule has 0 spiro atoms. The highest BCUT2D eigenvalue weighted by Gasteiger charge is 2.05. The Hall–Kier alpha value is -2.74. The van der Waals surface area contributed by atoms with Gasteiger partial charge in [-0.1, -0.05) is 36.4 Å². The Morgan fingerprint density at radius 2 is 0.808 bits per heavy atom. The van der Waals surface area contributed by atoms with Crippen LogP contribution in [0.3, 0.4) is 0 Å². The number of benzene rings is 3. The smallest absolute Gasteiger partial charge is 0.120 e. The molecular formula is C24H26O2. The predicted molar refractivity (Wildman–Crippen MR) is 107 cm³/mol. The first-order valence-electron chi connectivity index (χ1n) is 9.00. The van der Waals surface area contributed by atoms with Gasteiger partial charge in [0.25, 0.3) is 0 Å². The molecule has 3 rings (SSSR count). The number of aryl methyl sites for hydroxylation is 4. The highest BCUT2D eigenvalue weighted by atomic mass is 16.5. The summed E-state index contributed by atoms with van der Waals surface area (Å²) in [5.41, 5.74) is 7.56. The second kappa shape index (κ2) is 8.09. The van der Waals surface area contributed by atoms with Crippen LogP contribution in [0.25, 0.3) is 0 Å². The number of ether oxygens (including phenoxy) is 2. The molecular weight excluding hydrogens is 320 g/mol. The second-order valence-corrected chi connectivity index (χ2v) is 6.79. The number of rotatable bonds is 6. The summed E-state index contributed by atoms with van der Waals surface area (Å²) in [7, 11) is 0. The van der Waals surface area contributed by atoms with Crippen molar-refractivity contribution in [3.8, 4) is 11.5 Å². The fourth-order valence-electron chi connectivity index (χ4n) is 3.10. The molecule has 0 aliphatic rings. The molecule has 0 saturated heterocycles. The Morgan fingerprint density at radius 3 is 1.12 bits per heavy atom. The average molecular weight is 346 g/mol. The van der Waals surface area contributed by atoms with Crippen molar-refractivity contribution in [3.05, 3.63) is 94.0 Å². The minimum Gasteiger partial charge on any atom is -0.489 e. The van der Waals surface area contributed by atoms with E-state index in [1.165, 1.54) is 33.4 Å². The largest absolute Gasteiger partial charge is 0.489 e. The second-order valence-electron chi connectivity index (χ2n) is 6.79. The van der Waals surface area contributed by atoms with Crippen molar-refractivity contribution in [1.82, 2.24) is 0 Å². The van der Waals surface area contributed by atoms with E-state index in [-0.39, 0.29) is 0 Å². The van der Waals surface area contributed by atoms with Crippen LogP contribution < -0.4 is 9.47 Å². The lowest BCUT2D eigenvalue weighted by Gasteiger charge is -2.13. The summed E-state index contributed by atoms with van der Waals surface area (Å²) < 4.78 is 11.9. The van der Waals surface area contributed by atoms with Crippen molar-refractivity contribution < 1.29 is 9.47 Å². The van der Waals surface area contributed by atoms with Gasteiger partial charge in [0.1, 0.15) is 24.7 Å². The van der Waals surface area contributed by atoms with Crippen LogP contribution in [0.5, 0.6) is 11.5 Å². The maximum atomic E-state index is 5.95. The fourth-order valence-corrected chi connectivity index (χ4v) is 3.10. The molecule has 0 N–H and O–H groups in total. The minimum atomic E-state index is 0.584. The molecule has 0 aliphatic carbocycles. The van der Waals surface area contributed by atoms with Crippen LogP contribution in [0.15, 0.2) is 60.7 Å². The predicted octanol–water partition coefficient (Wildman–Crippen LogP) is 6.08. The van der Waals surface area contributed by atoms with Crippen LogP contribution in [0.4, 0.5) is 0 Å². The van der Waals surface area contributed by atoms with E-state index in [0.29, 0.717) is 13.2 Å². The lowest BCUT2D eigenvalue weighted by molar-refractivity contribution is 0.295. The maximum absolute atomic E-state index is 5.95. The van der Waals surface area contributed by atoms with Gasteiger partial charge in [-0.25, -0.2) is 0 Å². The molecule has 3 aromatic rings. The van der Waals surface area contributed by atoms with E-state index in [1.54, 1.807) is 0 Å². The average Bonchev–Trinajstić information content (AvgIpc) is 2.62. The minimum absolute atomic E-state index is 0.584. The van der Waals surface area contributed by atoms with Gasteiger partial charge in [-0.15, -0.1) is 0 Å². The standard InChI is InChI=1S/C24H26O2/c1-17-7-5-8-18(2)23(17)15-25-21-11-13-22(14-12-21)26-16-24-19(3)9-6-10-20(24)4/h5-14H,15-16H2,1-4H3. The van der Waals surface area contributed by atoms with Crippen molar-refractivity contribution in [2.45, 2.75) is 40.9 Å². The van der Waals surface area contributed by atoms with Crippen molar-refractivity contribution in [3.63, 3.8) is 0 Å². The normalized spacial score (nSPS) is 10.6. The van der Waals surface area contributed by atoms with Gasteiger partial charge in [0.05, 0.1) is 0 Å². The van der Waals surface area contributed by atoms with E-state index in [1.807, 2.05) is 24.3 Å². The third-order valence-corrected chi connectivity index (χ3v) is 4.88. The molecule has 0 saturated carbocycles. The lowest BCUT2D eigenvalue weighted by atomic mass is 10.0. The molecule has 26 heavy (non-hydrogen) atoms. The van der Waals surface area contributed by atoms with Gasteiger partial charge in [0.2, 0.25) is 0 Å². The van der Waals surface area contributed by atoms with Crippen LogP contribution in [0.2, 0.25) is 0 Å². The molecule has 0 radical (unpaired) electrons. The zero-order chi connectivity index (χ0) is 18.5. The molecule has 0 atom stereocenters. The third kappa shape index (κ3) is 4.26. The van der Waals surface area contributed by atoms with Crippen LogP contribution in [-0.4, -0.2) is 0 Å². The molecule has 3 aromatic carbocycles. The van der Waals surface area contributed by atoms with Crippen molar-refractivity contribution in [1.29, 1.82) is 0 Å². The zero-order valence-electron chi connectivity index (χ0n) is 16.0. The number of hydrogen-bond acceptors (Lipinski definition) is 2. The van der Waals surface area contributed by atoms with Gasteiger partial charge in [-0.05, 0) is 85.3 Å². The summed E-state index contributed by atoms with van der Waals surface area (Å²) in [6.07, 6.45) is 0. The first kappa shape index (κ1) is 18.1. The Balaban J connectivity index is 1.60. The summed E-state index contributed by atoms with van der Waals surface area (Å²) in [5.74, 6) is 1.71. The number of hydrogen-bond donors (Lipinski definition) is 0. The van der Waals surface area contributed by atoms with Gasteiger partial charge in [0.15, 0.2) is 0 Å². The Labute approximate surface area is 156 Å². The SMILES string of the molecule is Cc1cccc(C)c1COc1ccc(OCc2c(C)cccc2C)cc1. The Morgan fingerprint density at radius 1 is 0.500 bits per heavy atom. The monoisotopic (exact) mass is 346 g/mol. The van der Waals surface area contributed by atoms with Gasteiger partial charge < -0.3 is 9.47 Å². The molecule has 134 valence electrons. The molecule has 0 fully saturated rings. The van der Waals surface area contributed by atoms with E-state index < -0.39 is 0 Å². The lowest BCUT2D eigenvalue weighted by Crippen LogP contribution is -2.01. The van der Waals surface area contributed by atoms with Gasteiger partial charge in [-0.2, -0.15) is 0 Å². The highest BCUT2D eigenvalue weighted by Crippen LogP contribution is 2.22. The van der Waals surface area contributed by atoms with Crippen molar-refractivity contribution in [2.75, 3.05) is 0 Å². The molecule has 0 amide bonds. The summed E-state index contributed by atoms with van der Waals surface area (Å²) in [6, 6.07) is 20.5. The van der Waals surface area contributed by atoms with E-state index in [9.17, 15) is 0 Å². The highest BCUT2D eigenvalue weighted by molar-refractivity contribution is 5.36. The van der Waals surface area contributed by atoms with Crippen LogP contribution in [-0.2, 0) is 13.2 Å². The van der Waals surface area contributed by atoms with E-state index in [4.69, 9.17) is 9.47 Å². The van der Waals surface area contributed by atoms with Crippen LogP contribution in [0, 0.1) is 27.7 Å². The van der Waals surface area contributed by atoms with E-state index in [2.05, 4.69) is 64.1 Å². The maximum Gasteiger partial charge on any atom is 0.120 e. The van der Waals surface area contributed by atoms with Crippen molar-refractivity contribution in [2.24, 2.45) is 0 Å². The first-order chi connectivity index (χ1) is 12.5. The quantitative estimate of drug-likeness (QED) is 0.538. The third-order valence-electron chi connectivity index (χ3n) is 4.88. The summed E-state index contributed by atoms with van der Waals surface area (Å²) in [5, 5.41) is 0. The van der Waals surface area contributed by atoms with E-state index in [0.717, 1.165) is 11.5 Å². The zero-order valence-corrected chi connectivity index (χ0v) is 16.0. The van der Waals surface area contributed by atoms with Crippen LogP contribution >= 0.6 is 0 Å². The molecule has 0 heterocycles. The van der Waals surface area contributed by atoms with Crippen LogP contribution in [0.1, 0.15) is 33.4 Å². The summed E-state index contributed by atoms with van der Waals surface area (Å²) >= 11 is 0. The first-order valence-corrected chi connectivity index (χ1v) is 9.00. The topological polar surface area (TPSA) is 18.5 Å². The van der Waals surface area contributed by atoms with Gasteiger partial charge >= 0.3 is 0 Å². The van der Waals surface area contributed by atoms with E-state index >= 15 is 0 Å². The molecule has 0 unspecified atom stereocenters. The molecule has 0 bridgehead atoms. The summed E-state index contributed by atoms with van der Waals surface area (Å²) in [4.78, 5) is 0. The fraction of sp³-hybridized carbons (Fsp3) is 0.250. The Bertz CT molecular complexity index is 764. The Kier molecular flexibility index (Phi) is 5.62.